The van der Waals surface area contributed by atoms with E-state index in [0.29, 0.717) is 5.39 Å². The Bertz CT molecular complexity index is 1180. The number of aryl methyl sites for hydroxylation is 2. The minimum atomic E-state index is -0.0625. The Morgan fingerprint density at radius 3 is 2.24 bits per heavy atom. The SMILES string of the molecule is C=CCCc1ccc(C#Cc2ccc3c(F)c(CCC4CCC(CC=C)CC4)ccc3c2)cc1. The number of hydrogen-bond acceptors (Lipinski definition) is 0. The maximum absolute atomic E-state index is 15.2. The number of hydrogen-bond donors (Lipinski definition) is 0. The molecule has 1 saturated carbocycles. The van der Waals surface area contributed by atoms with Gasteiger partial charge in [0, 0.05) is 16.5 Å². The van der Waals surface area contributed by atoms with Gasteiger partial charge in [-0.15, -0.1) is 13.2 Å². The summed E-state index contributed by atoms with van der Waals surface area (Å²) in [7, 11) is 0. The molecule has 0 N–H and O–H groups in total. The Balaban J connectivity index is 1.39. The summed E-state index contributed by atoms with van der Waals surface area (Å²) in [5.74, 6) is 7.94. The van der Waals surface area contributed by atoms with E-state index in [1.807, 2.05) is 36.4 Å². The highest BCUT2D eigenvalue weighted by Gasteiger charge is 2.20. The largest absolute Gasteiger partial charge is 0.206 e. The summed E-state index contributed by atoms with van der Waals surface area (Å²) >= 11 is 0. The molecule has 34 heavy (non-hydrogen) atoms. The maximum atomic E-state index is 15.2. The quantitative estimate of drug-likeness (QED) is 0.237. The van der Waals surface area contributed by atoms with E-state index < -0.39 is 0 Å². The smallest absolute Gasteiger partial charge is 0.134 e. The number of allylic oxidation sites excluding steroid dienone is 2. The fourth-order valence-electron chi connectivity index (χ4n) is 5.13. The highest BCUT2D eigenvalue weighted by atomic mass is 19.1. The summed E-state index contributed by atoms with van der Waals surface area (Å²) in [5, 5.41) is 1.61. The highest BCUT2D eigenvalue weighted by molar-refractivity contribution is 5.85. The number of rotatable bonds is 8. The molecule has 0 nitrogen and oxygen atoms in total. The van der Waals surface area contributed by atoms with E-state index in [1.165, 1.54) is 31.2 Å². The molecule has 1 heteroatoms. The molecule has 1 aliphatic carbocycles. The Labute approximate surface area is 204 Å². The van der Waals surface area contributed by atoms with E-state index in [-0.39, 0.29) is 5.82 Å². The lowest BCUT2D eigenvalue weighted by atomic mass is 9.78. The molecule has 0 spiro atoms. The van der Waals surface area contributed by atoms with Crippen LogP contribution >= 0.6 is 0 Å². The zero-order valence-corrected chi connectivity index (χ0v) is 20.2. The lowest BCUT2D eigenvalue weighted by Gasteiger charge is -2.28. The average molecular weight is 451 g/mol. The first-order chi connectivity index (χ1) is 16.7. The molecule has 0 atom stereocenters. The fourth-order valence-corrected chi connectivity index (χ4v) is 5.13. The molecule has 1 aliphatic rings. The van der Waals surface area contributed by atoms with Crippen molar-refractivity contribution in [2.75, 3.05) is 0 Å². The van der Waals surface area contributed by atoms with Gasteiger partial charge in [-0.25, -0.2) is 4.39 Å². The van der Waals surface area contributed by atoms with Crippen LogP contribution in [0.25, 0.3) is 10.8 Å². The van der Waals surface area contributed by atoms with Crippen LogP contribution in [0.15, 0.2) is 79.9 Å². The average Bonchev–Trinajstić information content (AvgIpc) is 2.87. The van der Waals surface area contributed by atoms with Crippen LogP contribution in [-0.2, 0) is 12.8 Å². The van der Waals surface area contributed by atoms with Gasteiger partial charge in [-0.05, 0) is 97.6 Å². The molecule has 1 fully saturated rings. The van der Waals surface area contributed by atoms with Crippen LogP contribution in [0.2, 0.25) is 0 Å². The molecule has 0 unspecified atom stereocenters. The van der Waals surface area contributed by atoms with E-state index >= 15 is 4.39 Å². The molecule has 4 rings (SSSR count). The Morgan fingerprint density at radius 2 is 1.50 bits per heavy atom. The van der Waals surface area contributed by atoms with Crippen molar-refractivity contribution in [1.82, 2.24) is 0 Å². The second kappa shape index (κ2) is 11.8. The first kappa shape index (κ1) is 24.0. The van der Waals surface area contributed by atoms with Gasteiger partial charge in [-0.2, -0.15) is 0 Å². The molecule has 0 heterocycles. The lowest BCUT2D eigenvalue weighted by Crippen LogP contribution is -2.15. The predicted octanol–water partition coefficient (Wildman–Crippen LogP) is 8.81. The minimum absolute atomic E-state index is 0.0625. The number of fused-ring (bicyclic) bond motifs is 1. The van der Waals surface area contributed by atoms with E-state index in [4.69, 9.17) is 0 Å². The van der Waals surface area contributed by atoms with Gasteiger partial charge in [0.25, 0.3) is 0 Å². The third kappa shape index (κ3) is 6.27. The molecule has 3 aromatic carbocycles. The molecule has 0 aromatic heterocycles. The van der Waals surface area contributed by atoms with Gasteiger partial charge >= 0.3 is 0 Å². The van der Waals surface area contributed by atoms with Gasteiger partial charge in [0.2, 0.25) is 0 Å². The van der Waals surface area contributed by atoms with E-state index in [1.54, 1.807) is 0 Å². The summed E-state index contributed by atoms with van der Waals surface area (Å²) in [6, 6.07) is 18.2. The Morgan fingerprint density at radius 1 is 0.794 bits per heavy atom. The van der Waals surface area contributed by atoms with Crippen LogP contribution in [0.5, 0.6) is 0 Å². The first-order valence-electron chi connectivity index (χ1n) is 12.7. The summed E-state index contributed by atoms with van der Waals surface area (Å²) in [5.41, 5.74) is 4.04. The molecule has 174 valence electrons. The summed E-state index contributed by atoms with van der Waals surface area (Å²) in [6.07, 6.45) is 14.2. The van der Waals surface area contributed by atoms with Crippen LogP contribution < -0.4 is 0 Å². The van der Waals surface area contributed by atoms with Crippen molar-refractivity contribution in [3.05, 3.63) is 108 Å². The lowest BCUT2D eigenvalue weighted by molar-refractivity contribution is 0.264. The molecular formula is C33H35F. The van der Waals surface area contributed by atoms with E-state index in [0.717, 1.165) is 66.0 Å². The minimum Gasteiger partial charge on any atom is -0.206 e. The fraction of sp³-hybridized carbons (Fsp3) is 0.333. The van der Waals surface area contributed by atoms with Crippen molar-refractivity contribution >= 4 is 10.8 Å². The van der Waals surface area contributed by atoms with Crippen LogP contribution in [0.3, 0.4) is 0 Å². The van der Waals surface area contributed by atoms with Crippen molar-refractivity contribution in [2.24, 2.45) is 11.8 Å². The zero-order chi connectivity index (χ0) is 23.8. The molecule has 0 saturated heterocycles. The van der Waals surface area contributed by atoms with Gasteiger partial charge in [0.05, 0.1) is 0 Å². The number of halogens is 1. The number of benzene rings is 3. The second-order valence-electron chi connectivity index (χ2n) is 9.70. The van der Waals surface area contributed by atoms with Gasteiger partial charge in [0.15, 0.2) is 0 Å². The molecular weight excluding hydrogens is 415 g/mol. The van der Waals surface area contributed by atoms with Crippen molar-refractivity contribution in [3.8, 4) is 11.8 Å². The molecule has 0 aliphatic heterocycles. The normalized spacial score (nSPS) is 17.7. The predicted molar refractivity (Wildman–Crippen MR) is 143 cm³/mol. The van der Waals surface area contributed by atoms with Crippen LogP contribution in [-0.4, -0.2) is 0 Å². The van der Waals surface area contributed by atoms with Crippen molar-refractivity contribution < 1.29 is 4.39 Å². The van der Waals surface area contributed by atoms with E-state index in [2.05, 4.69) is 55.3 Å². The molecule has 0 bridgehead atoms. The molecule has 0 radical (unpaired) electrons. The second-order valence-corrected chi connectivity index (χ2v) is 9.70. The van der Waals surface area contributed by atoms with Crippen molar-refractivity contribution in [3.63, 3.8) is 0 Å². The summed E-state index contributed by atoms with van der Waals surface area (Å²) in [4.78, 5) is 0. The van der Waals surface area contributed by atoms with Crippen LogP contribution in [0.1, 0.15) is 67.2 Å². The van der Waals surface area contributed by atoms with Gasteiger partial charge < -0.3 is 0 Å². The van der Waals surface area contributed by atoms with Gasteiger partial charge in [-0.3, -0.25) is 0 Å². The standard InChI is InChI=1S/C33H35F/c1-3-5-7-26-10-14-27(15-11-26)16-17-29-19-23-32-31(24-29)22-21-30(33(32)34)20-18-28-12-8-25(6-4-2)9-13-28/h3-4,10-11,14-15,19,21-25,28H,1-2,5-9,12-13,18,20H2. The van der Waals surface area contributed by atoms with Gasteiger partial charge in [-0.1, -0.05) is 67.2 Å². The highest BCUT2D eigenvalue weighted by Crippen LogP contribution is 2.34. The van der Waals surface area contributed by atoms with Crippen molar-refractivity contribution in [1.29, 1.82) is 0 Å². The topological polar surface area (TPSA) is 0 Å². The van der Waals surface area contributed by atoms with Crippen LogP contribution in [0.4, 0.5) is 4.39 Å². The molecule has 3 aromatic rings. The van der Waals surface area contributed by atoms with Gasteiger partial charge in [0.1, 0.15) is 5.82 Å². The Hall–Kier alpha value is -3.11. The monoisotopic (exact) mass is 450 g/mol. The van der Waals surface area contributed by atoms with Crippen molar-refractivity contribution in [2.45, 2.75) is 57.8 Å². The summed E-state index contributed by atoms with van der Waals surface area (Å²) < 4.78 is 15.2. The molecule has 0 amide bonds. The third-order valence-corrected chi connectivity index (χ3v) is 7.26. The maximum Gasteiger partial charge on any atom is 0.134 e. The third-order valence-electron chi connectivity index (χ3n) is 7.26. The zero-order valence-electron chi connectivity index (χ0n) is 20.2. The van der Waals surface area contributed by atoms with Crippen LogP contribution in [0, 0.1) is 29.5 Å². The summed E-state index contributed by atoms with van der Waals surface area (Å²) in [6.45, 7) is 7.65. The first-order valence-corrected chi connectivity index (χ1v) is 12.7. The van der Waals surface area contributed by atoms with E-state index in [9.17, 15) is 0 Å². The Kier molecular flexibility index (Phi) is 8.37.